The fourth-order valence-corrected chi connectivity index (χ4v) is 3.19. The third kappa shape index (κ3) is 3.91. The molecule has 1 fully saturated rings. The Bertz CT molecular complexity index is 680. The lowest BCUT2D eigenvalue weighted by atomic mass is 9.88. The molecule has 0 bridgehead atoms. The van der Waals surface area contributed by atoms with Gasteiger partial charge in [-0.2, -0.15) is 0 Å². The van der Waals surface area contributed by atoms with Crippen LogP contribution >= 0.6 is 0 Å². The van der Waals surface area contributed by atoms with Crippen molar-refractivity contribution in [2.45, 2.75) is 45.6 Å². The van der Waals surface area contributed by atoms with Crippen molar-refractivity contribution in [2.24, 2.45) is 5.92 Å². The zero-order valence-corrected chi connectivity index (χ0v) is 13.9. The molecule has 3 rings (SSSR count). The molecule has 2 atom stereocenters. The number of nitrogens with zero attached hydrogens (tertiary/aromatic N) is 2. The number of ether oxygens (including phenoxy) is 1. The molecule has 5 heteroatoms. The molecule has 1 amide bonds. The van der Waals surface area contributed by atoms with Gasteiger partial charge >= 0.3 is 0 Å². The first-order valence-corrected chi connectivity index (χ1v) is 8.48. The molecular weight excluding hydrogens is 290 g/mol. The molecule has 23 heavy (non-hydrogen) atoms. The highest BCUT2D eigenvalue weighted by Gasteiger charge is 2.21. The van der Waals surface area contributed by atoms with Gasteiger partial charge in [0.2, 0.25) is 0 Å². The van der Waals surface area contributed by atoms with Crippen LogP contribution in [0.3, 0.4) is 0 Å². The molecule has 0 aliphatic heterocycles. The molecule has 1 saturated carbocycles. The summed E-state index contributed by atoms with van der Waals surface area (Å²) in [7, 11) is 0. The Kier molecular flexibility index (Phi) is 4.96. The van der Waals surface area contributed by atoms with Gasteiger partial charge < -0.3 is 14.5 Å². The van der Waals surface area contributed by atoms with Gasteiger partial charge in [0.15, 0.2) is 0 Å². The fraction of sp³-hybridized carbons (Fsp3) is 0.556. The van der Waals surface area contributed by atoms with Crippen molar-refractivity contribution < 1.29 is 9.53 Å². The summed E-state index contributed by atoms with van der Waals surface area (Å²) in [5.74, 6) is 0.479. The number of nitrogens with one attached hydrogen (secondary N) is 1. The van der Waals surface area contributed by atoms with E-state index in [1.54, 1.807) is 6.20 Å². The Labute approximate surface area is 137 Å². The summed E-state index contributed by atoms with van der Waals surface area (Å²) in [6.45, 7) is 5.35. The van der Waals surface area contributed by atoms with Crippen LogP contribution in [0.1, 0.15) is 48.7 Å². The first-order chi connectivity index (χ1) is 11.1. The lowest BCUT2D eigenvalue weighted by Gasteiger charge is -2.28. The average molecular weight is 315 g/mol. The van der Waals surface area contributed by atoms with Crippen LogP contribution in [0.4, 0.5) is 0 Å². The molecule has 2 aromatic rings. The zero-order chi connectivity index (χ0) is 16.2. The number of rotatable bonds is 5. The fourth-order valence-electron chi connectivity index (χ4n) is 3.19. The van der Waals surface area contributed by atoms with E-state index in [2.05, 4.69) is 17.2 Å². The normalized spacial score (nSPS) is 21.5. The molecule has 1 aliphatic carbocycles. The van der Waals surface area contributed by atoms with E-state index in [1.165, 1.54) is 19.3 Å². The number of aryl methyl sites for hydroxylation is 1. The highest BCUT2D eigenvalue weighted by Crippen LogP contribution is 2.25. The molecule has 0 saturated heterocycles. The van der Waals surface area contributed by atoms with Crippen LogP contribution in [0, 0.1) is 12.8 Å². The Hall–Kier alpha value is -1.88. The van der Waals surface area contributed by atoms with Gasteiger partial charge in [-0.15, -0.1) is 0 Å². The van der Waals surface area contributed by atoms with Crippen LogP contribution < -0.4 is 5.32 Å². The number of aromatic nitrogens is 2. The molecule has 0 radical (unpaired) electrons. The molecule has 124 valence electrons. The molecule has 1 N–H and O–H groups in total. The predicted octanol–water partition coefficient (Wildman–Crippen LogP) is 2.97. The zero-order valence-electron chi connectivity index (χ0n) is 13.9. The second-order valence-electron chi connectivity index (χ2n) is 6.52. The van der Waals surface area contributed by atoms with Crippen LogP contribution in [0.2, 0.25) is 0 Å². The third-order valence-electron chi connectivity index (χ3n) is 4.60. The van der Waals surface area contributed by atoms with Crippen LogP contribution in [0.25, 0.3) is 5.65 Å². The van der Waals surface area contributed by atoms with Crippen molar-refractivity contribution in [1.82, 2.24) is 14.7 Å². The number of amides is 1. The summed E-state index contributed by atoms with van der Waals surface area (Å²) in [5, 5.41) is 2.89. The van der Waals surface area contributed by atoms with E-state index in [0.29, 0.717) is 30.9 Å². The molecule has 0 aromatic carbocycles. The summed E-state index contributed by atoms with van der Waals surface area (Å²) in [6, 6.07) is 3.96. The molecule has 1 aliphatic rings. The topological polar surface area (TPSA) is 55.6 Å². The number of fused-ring (bicyclic) bond motifs is 1. The number of carbonyl (C=O) groups is 1. The van der Waals surface area contributed by atoms with Crippen molar-refractivity contribution >= 4 is 11.6 Å². The van der Waals surface area contributed by atoms with E-state index >= 15 is 0 Å². The molecular formula is C18H25N3O2. The van der Waals surface area contributed by atoms with E-state index in [-0.39, 0.29) is 5.91 Å². The van der Waals surface area contributed by atoms with Gasteiger partial charge in [0, 0.05) is 18.9 Å². The largest absolute Gasteiger partial charge is 0.376 e. The summed E-state index contributed by atoms with van der Waals surface area (Å²) in [4.78, 5) is 16.5. The van der Waals surface area contributed by atoms with Gasteiger partial charge in [-0.05, 0) is 43.4 Å². The average Bonchev–Trinajstić information content (AvgIpc) is 2.96. The predicted molar refractivity (Wildman–Crippen MR) is 89.6 cm³/mol. The van der Waals surface area contributed by atoms with E-state index in [4.69, 9.17) is 4.74 Å². The minimum absolute atomic E-state index is 0.147. The monoisotopic (exact) mass is 315 g/mol. The van der Waals surface area contributed by atoms with E-state index in [0.717, 1.165) is 17.6 Å². The first-order valence-electron chi connectivity index (χ1n) is 8.48. The van der Waals surface area contributed by atoms with Crippen LogP contribution in [0.5, 0.6) is 0 Å². The Balaban J connectivity index is 1.48. The standard InChI is InChI=1S/C18H25N3O2/c1-13-7-9-21-12-15(20-17(21)11-13)18(22)19-8-10-23-16-6-4-3-5-14(16)2/h7,9,11-12,14,16H,3-6,8,10H2,1-2H3,(H,19,22)/t14-,16-/m0/s1. The lowest BCUT2D eigenvalue weighted by Crippen LogP contribution is -2.31. The Morgan fingerprint density at radius 2 is 2.26 bits per heavy atom. The minimum atomic E-state index is -0.147. The Morgan fingerprint density at radius 3 is 3.09 bits per heavy atom. The van der Waals surface area contributed by atoms with Crippen LogP contribution in [-0.2, 0) is 4.74 Å². The SMILES string of the molecule is Cc1ccn2cc(C(=O)NCCO[C@H]3CCCC[C@@H]3C)nc2c1. The number of imidazole rings is 1. The summed E-state index contributed by atoms with van der Waals surface area (Å²) >= 11 is 0. The van der Waals surface area contributed by atoms with Crippen molar-refractivity contribution in [3.05, 3.63) is 35.8 Å². The quantitative estimate of drug-likeness (QED) is 0.863. The summed E-state index contributed by atoms with van der Waals surface area (Å²) in [6.07, 6.45) is 8.97. The van der Waals surface area contributed by atoms with Crippen molar-refractivity contribution in [3.63, 3.8) is 0 Å². The van der Waals surface area contributed by atoms with Gasteiger partial charge in [0.25, 0.3) is 5.91 Å². The van der Waals surface area contributed by atoms with Crippen molar-refractivity contribution in [3.8, 4) is 0 Å². The van der Waals surface area contributed by atoms with Gasteiger partial charge in [-0.3, -0.25) is 4.79 Å². The highest BCUT2D eigenvalue weighted by molar-refractivity contribution is 5.92. The van der Waals surface area contributed by atoms with Gasteiger partial charge in [0.05, 0.1) is 12.7 Å². The van der Waals surface area contributed by atoms with Gasteiger partial charge in [-0.1, -0.05) is 19.8 Å². The molecule has 0 spiro atoms. The first kappa shape index (κ1) is 16.0. The second kappa shape index (κ2) is 7.13. The lowest BCUT2D eigenvalue weighted by molar-refractivity contribution is -0.00295. The maximum absolute atomic E-state index is 12.2. The van der Waals surface area contributed by atoms with E-state index in [1.807, 2.05) is 29.7 Å². The van der Waals surface area contributed by atoms with E-state index in [9.17, 15) is 4.79 Å². The maximum Gasteiger partial charge on any atom is 0.271 e. The highest BCUT2D eigenvalue weighted by atomic mass is 16.5. The summed E-state index contributed by atoms with van der Waals surface area (Å²) < 4.78 is 7.78. The molecule has 2 heterocycles. The minimum Gasteiger partial charge on any atom is -0.376 e. The smallest absolute Gasteiger partial charge is 0.271 e. The molecule has 0 unspecified atom stereocenters. The van der Waals surface area contributed by atoms with Crippen LogP contribution in [0.15, 0.2) is 24.5 Å². The van der Waals surface area contributed by atoms with E-state index < -0.39 is 0 Å². The number of hydrogen-bond donors (Lipinski definition) is 1. The number of hydrogen-bond acceptors (Lipinski definition) is 3. The van der Waals surface area contributed by atoms with Crippen molar-refractivity contribution in [1.29, 1.82) is 0 Å². The number of pyridine rings is 1. The molecule has 5 nitrogen and oxygen atoms in total. The maximum atomic E-state index is 12.2. The second-order valence-corrected chi connectivity index (χ2v) is 6.52. The number of carbonyl (C=O) groups excluding carboxylic acids is 1. The van der Waals surface area contributed by atoms with Crippen LogP contribution in [-0.4, -0.2) is 34.5 Å². The summed E-state index contributed by atoms with van der Waals surface area (Å²) in [5.41, 5.74) is 2.37. The van der Waals surface area contributed by atoms with Crippen molar-refractivity contribution in [2.75, 3.05) is 13.2 Å². The Morgan fingerprint density at radius 1 is 1.43 bits per heavy atom. The van der Waals surface area contributed by atoms with Gasteiger partial charge in [-0.25, -0.2) is 4.98 Å². The third-order valence-corrected chi connectivity index (χ3v) is 4.60. The molecule has 2 aromatic heterocycles. The van der Waals surface area contributed by atoms with Gasteiger partial charge in [0.1, 0.15) is 11.3 Å².